The van der Waals surface area contributed by atoms with E-state index in [1.165, 1.54) is 0 Å². The first kappa shape index (κ1) is 11.7. The Bertz CT molecular complexity index is 433. The van der Waals surface area contributed by atoms with E-state index in [4.69, 9.17) is 20.3 Å². The Kier molecular flexibility index (Phi) is 3.19. The average Bonchev–Trinajstić information content (AvgIpc) is 2.36. The fourth-order valence-corrected chi connectivity index (χ4v) is 1.86. The zero-order valence-electron chi connectivity index (χ0n) is 9.55. The van der Waals surface area contributed by atoms with Crippen LogP contribution in [0.2, 0.25) is 0 Å². The lowest BCUT2D eigenvalue weighted by atomic mass is 9.92. The van der Waals surface area contributed by atoms with Gasteiger partial charge in [-0.1, -0.05) is 19.1 Å². The fourth-order valence-electron chi connectivity index (χ4n) is 1.86. The summed E-state index contributed by atoms with van der Waals surface area (Å²) < 4.78 is 11.0. The van der Waals surface area contributed by atoms with Gasteiger partial charge in [-0.2, -0.15) is 0 Å². The molecule has 92 valence electrons. The molecule has 0 aromatic heterocycles. The topological polar surface area (TPSA) is 81.8 Å². The van der Waals surface area contributed by atoms with Gasteiger partial charge < -0.3 is 20.3 Å². The summed E-state index contributed by atoms with van der Waals surface area (Å²) in [5, 5.41) is 8.92. The molecule has 0 fully saturated rings. The maximum atomic E-state index is 10.9. The molecule has 2 rings (SSSR count). The van der Waals surface area contributed by atoms with Gasteiger partial charge in [0.25, 0.3) is 0 Å². The lowest BCUT2D eigenvalue weighted by Crippen LogP contribution is -2.35. The summed E-state index contributed by atoms with van der Waals surface area (Å²) in [5.74, 6) is -0.0860. The summed E-state index contributed by atoms with van der Waals surface area (Å²) in [6.07, 6.45) is 0. The van der Waals surface area contributed by atoms with Crippen molar-refractivity contribution in [1.82, 2.24) is 0 Å². The van der Waals surface area contributed by atoms with Crippen molar-refractivity contribution in [3.63, 3.8) is 0 Å². The molecule has 1 aliphatic heterocycles. The molecule has 5 nitrogen and oxygen atoms in total. The minimum absolute atomic E-state index is 0.329. The van der Waals surface area contributed by atoms with Gasteiger partial charge >= 0.3 is 5.97 Å². The van der Waals surface area contributed by atoms with Crippen molar-refractivity contribution in [3.05, 3.63) is 23.8 Å². The molecule has 0 saturated carbocycles. The van der Waals surface area contributed by atoms with Crippen LogP contribution in [0.5, 0.6) is 11.5 Å². The molecule has 3 N–H and O–H groups in total. The van der Waals surface area contributed by atoms with Crippen LogP contribution in [0.15, 0.2) is 18.2 Å². The highest BCUT2D eigenvalue weighted by Gasteiger charge is 2.26. The average molecular weight is 237 g/mol. The highest BCUT2D eigenvalue weighted by atomic mass is 16.6. The second-order valence-corrected chi connectivity index (χ2v) is 4.02. The van der Waals surface area contributed by atoms with Gasteiger partial charge in [-0.25, -0.2) is 0 Å². The molecule has 2 atom stereocenters. The van der Waals surface area contributed by atoms with Crippen molar-refractivity contribution in [2.45, 2.75) is 18.9 Å². The fraction of sp³-hybridized carbons (Fsp3) is 0.417. The zero-order valence-corrected chi connectivity index (χ0v) is 9.55. The minimum atomic E-state index is -1.02. The van der Waals surface area contributed by atoms with Crippen LogP contribution in [0.1, 0.15) is 18.4 Å². The Balaban J connectivity index is 2.35. The van der Waals surface area contributed by atoms with Crippen LogP contribution in [0.25, 0.3) is 0 Å². The van der Waals surface area contributed by atoms with Gasteiger partial charge in [-0.3, -0.25) is 4.79 Å². The van der Waals surface area contributed by atoms with Gasteiger partial charge in [0.1, 0.15) is 19.3 Å². The Morgan fingerprint density at radius 2 is 2.12 bits per heavy atom. The normalized spacial score (nSPS) is 17.3. The van der Waals surface area contributed by atoms with Gasteiger partial charge in [0, 0.05) is 11.5 Å². The molecule has 0 amide bonds. The summed E-state index contributed by atoms with van der Waals surface area (Å²) in [5.41, 5.74) is 6.40. The minimum Gasteiger partial charge on any atom is -0.486 e. The number of hydrogen-bond donors (Lipinski definition) is 2. The van der Waals surface area contributed by atoms with E-state index in [-0.39, 0.29) is 5.92 Å². The van der Waals surface area contributed by atoms with E-state index in [0.29, 0.717) is 24.7 Å². The highest BCUT2D eigenvalue weighted by Crippen LogP contribution is 2.38. The molecule has 1 aromatic carbocycles. The van der Waals surface area contributed by atoms with Crippen molar-refractivity contribution < 1.29 is 19.4 Å². The Morgan fingerprint density at radius 3 is 2.82 bits per heavy atom. The lowest BCUT2D eigenvalue weighted by Gasteiger charge is -2.24. The molecule has 0 bridgehead atoms. The highest BCUT2D eigenvalue weighted by molar-refractivity contribution is 5.75. The third-order valence-corrected chi connectivity index (χ3v) is 2.91. The van der Waals surface area contributed by atoms with Crippen LogP contribution in [0.3, 0.4) is 0 Å². The number of benzene rings is 1. The van der Waals surface area contributed by atoms with E-state index in [1.807, 2.05) is 12.1 Å². The second-order valence-electron chi connectivity index (χ2n) is 4.02. The van der Waals surface area contributed by atoms with Crippen LogP contribution >= 0.6 is 0 Å². The standard InChI is InChI=1S/C12H15NO4/c1-7(10(13)12(14)15)8-3-2-4-9-11(8)17-6-5-16-9/h2-4,7,10H,5-6,13H2,1H3,(H,14,15). The third-order valence-electron chi connectivity index (χ3n) is 2.91. The molecule has 0 radical (unpaired) electrons. The first-order valence-electron chi connectivity index (χ1n) is 5.48. The Morgan fingerprint density at radius 1 is 1.41 bits per heavy atom. The second kappa shape index (κ2) is 4.63. The van der Waals surface area contributed by atoms with Gasteiger partial charge in [0.05, 0.1) is 0 Å². The van der Waals surface area contributed by atoms with Gasteiger partial charge in [0.2, 0.25) is 0 Å². The quantitative estimate of drug-likeness (QED) is 0.818. The van der Waals surface area contributed by atoms with Crippen LogP contribution in [-0.4, -0.2) is 30.3 Å². The summed E-state index contributed by atoms with van der Waals surface area (Å²) in [4.78, 5) is 10.9. The Hall–Kier alpha value is -1.75. The molecule has 2 unspecified atom stereocenters. The number of carbonyl (C=O) groups is 1. The maximum Gasteiger partial charge on any atom is 0.321 e. The predicted octanol–water partition coefficient (Wildman–Crippen LogP) is 0.973. The number of hydrogen-bond acceptors (Lipinski definition) is 4. The molecule has 17 heavy (non-hydrogen) atoms. The molecule has 1 aromatic rings. The van der Waals surface area contributed by atoms with E-state index in [9.17, 15) is 4.79 Å². The van der Waals surface area contributed by atoms with Crippen molar-refractivity contribution in [3.8, 4) is 11.5 Å². The Labute approximate surface area is 99.1 Å². The number of carboxylic acid groups (broad SMARTS) is 1. The lowest BCUT2D eigenvalue weighted by molar-refractivity contribution is -0.139. The van der Waals surface area contributed by atoms with E-state index in [0.717, 1.165) is 5.56 Å². The number of rotatable bonds is 3. The summed E-state index contributed by atoms with van der Waals surface area (Å²) in [7, 11) is 0. The third kappa shape index (κ3) is 2.19. The van der Waals surface area contributed by atoms with Crippen molar-refractivity contribution in [2.75, 3.05) is 13.2 Å². The number of carboxylic acids is 1. The van der Waals surface area contributed by atoms with Gasteiger partial charge in [-0.05, 0) is 6.07 Å². The zero-order chi connectivity index (χ0) is 12.4. The van der Waals surface area contributed by atoms with E-state index in [1.54, 1.807) is 13.0 Å². The molecule has 1 aliphatic rings. The van der Waals surface area contributed by atoms with Crippen LogP contribution < -0.4 is 15.2 Å². The predicted molar refractivity (Wildman–Crippen MR) is 61.5 cm³/mol. The van der Waals surface area contributed by atoms with Crippen molar-refractivity contribution >= 4 is 5.97 Å². The van der Waals surface area contributed by atoms with Gasteiger partial charge in [0.15, 0.2) is 11.5 Å². The van der Waals surface area contributed by atoms with E-state index in [2.05, 4.69) is 0 Å². The monoisotopic (exact) mass is 237 g/mol. The van der Waals surface area contributed by atoms with E-state index < -0.39 is 12.0 Å². The molecular formula is C12H15NO4. The SMILES string of the molecule is CC(c1cccc2c1OCCO2)C(N)C(=O)O. The maximum absolute atomic E-state index is 10.9. The number of nitrogens with two attached hydrogens (primary N) is 1. The van der Waals surface area contributed by atoms with E-state index >= 15 is 0 Å². The first-order chi connectivity index (χ1) is 8.11. The number of fused-ring (bicyclic) bond motifs is 1. The molecule has 1 heterocycles. The molecule has 0 saturated heterocycles. The first-order valence-corrected chi connectivity index (χ1v) is 5.48. The van der Waals surface area contributed by atoms with Gasteiger partial charge in [-0.15, -0.1) is 0 Å². The van der Waals surface area contributed by atoms with Crippen LogP contribution in [-0.2, 0) is 4.79 Å². The summed E-state index contributed by atoms with van der Waals surface area (Å²) in [6, 6.07) is 4.48. The number of ether oxygens (including phenoxy) is 2. The molecule has 0 spiro atoms. The smallest absolute Gasteiger partial charge is 0.321 e. The van der Waals surface area contributed by atoms with Crippen molar-refractivity contribution in [2.24, 2.45) is 5.73 Å². The number of para-hydroxylation sites is 1. The largest absolute Gasteiger partial charge is 0.486 e. The van der Waals surface area contributed by atoms with Crippen LogP contribution in [0, 0.1) is 0 Å². The summed E-state index contributed by atoms with van der Waals surface area (Å²) >= 11 is 0. The molecular weight excluding hydrogens is 222 g/mol. The number of aliphatic carboxylic acids is 1. The van der Waals surface area contributed by atoms with Crippen molar-refractivity contribution in [1.29, 1.82) is 0 Å². The summed E-state index contributed by atoms with van der Waals surface area (Å²) in [6.45, 7) is 2.75. The molecule has 5 heteroatoms. The van der Waals surface area contributed by atoms with Crippen LogP contribution in [0.4, 0.5) is 0 Å². The molecule has 0 aliphatic carbocycles.